The number of aromatic amines is 1. The number of nitrogen functional groups attached to an aromatic ring is 1. The first-order chi connectivity index (χ1) is 17.5. The number of aliphatic hydroxyl groups excluding tert-OH is 1. The van der Waals surface area contributed by atoms with Crippen molar-refractivity contribution in [1.82, 2.24) is 24.9 Å². The third-order valence-corrected chi connectivity index (χ3v) is 6.98. The van der Waals surface area contributed by atoms with Crippen molar-refractivity contribution in [3.8, 4) is 22.8 Å². The van der Waals surface area contributed by atoms with E-state index in [1.165, 1.54) is 6.08 Å². The SMILES string of the molecule is C=CC(O)N(C)[C@H]1CC[C@@H](n2nc(-c3ccc(Oc4ccccc4)cc3)c3c(N)n[nH]c(=O)c32)CC1. The number of nitrogens with two attached hydrogens (primary N) is 1. The fourth-order valence-corrected chi connectivity index (χ4v) is 4.98. The molecule has 0 bridgehead atoms. The first-order valence-electron chi connectivity index (χ1n) is 12.1. The van der Waals surface area contributed by atoms with E-state index < -0.39 is 6.23 Å². The molecule has 1 aliphatic carbocycles. The zero-order valence-corrected chi connectivity index (χ0v) is 20.2. The molecule has 0 radical (unpaired) electrons. The van der Waals surface area contributed by atoms with Crippen LogP contribution in [0.2, 0.25) is 0 Å². The Hall–Kier alpha value is -3.95. The molecule has 9 nitrogen and oxygen atoms in total. The number of hydrogen-bond acceptors (Lipinski definition) is 7. The van der Waals surface area contributed by atoms with Crippen molar-refractivity contribution in [3.05, 3.63) is 77.6 Å². The Labute approximate surface area is 208 Å². The second kappa shape index (κ2) is 9.96. The largest absolute Gasteiger partial charge is 0.457 e. The Kier molecular flexibility index (Phi) is 6.58. The number of nitrogens with one attached hydrogen (secondary N) is 1. The molecule has 1 saturated carbocycles. The number of aliphatic hydroxyl groups is 1. The predicted molar refractivity (Wildman–Crippen MR) is 140 cm³/mol. The van der Waals surface area contributed by atoms with Gasteiger partial charge in [0.25, 0.3) is 5.56 Å². The van der Waals surface area contributed by atoms with Crippen molar-refractivity contribution in [3.63, 3.8) is 0 Å². The van der Waals surface area contributed by atoms with E-state index in [9.17, 15) is 9.90 Å². The van der Waals surface area contributed by atoms with Crippen molar-refractivity contribution in [1.29, 1.82) is 0 Å². The van der Waals surface area contributed by atoms with E-state index in [0.717, 1.165) is 37.0 Å². The van der Waals surface area contributed by atoms with Gasteiger partial charge in [-0.15, -0.1) is 0 Å². The Morgan fingerprint density at radius 1 is 1.14 bits per heavy atom. The highest BCUT2D eigenvalue weighted by Crippen LogP contribution is 2.37. The number of likely N-dealkylation sites (N-methyl/N-ethyl adjacent to an activating group) is 1. The first kappa shape index (κ1) is 23.8. The molecule has 2 aromatic heterocycles. The average molecular weight is 487 g/mol. The van der Waals surface area contributed by atoms with Crippen molar-refractivity contribution in [2.24, 2.45) is 0 Å². The van der Waals surface area contributed by atoms with Crippen molar-refractivity contribution in [2.45, 2.75) is 44.0 Å². The van der Waals surface area contributed by atoms with Crippen LogP contribution in [0, 0.1) is 0 Å². The molecule has 0 aliphatic heterocycles. The second-order valence-electron chi connectivity index (χ2n) is 9.17. The monoisotopic (exact) mass is 486 g/mol. The van der Waals surface area contributed by atoms with E-state index in [-0.39, 0.29) is 23.5 Å². The molecule has 2 aromatic carbocycles. The zero-order chi connectivity index (χ0) is 25.2. The fraction of sp³-hybridized carbons (Fsp3) is 0.296. The third-order valence-electron chi connectivity index (χ3n) is 6.98. The average Bonchev–Trinajstić information content (AvgIpc) is 3.33. The van der Waals surface area contributed by atoms with Gasteiger partial charge in [0, 0.05) is 11.6 Å². The van der Waals surface area contributed by atoms with E-state index in [0.29, 0.717) is 22.3 Å². The molecule has 4 N–H and O–H groups in total. The summed E-state index contributed by atoms with van der Waals surface area (Å²) < 4.78 is 7.72. The molecule has 4 aromatic rings. The Balaban J connectivity index is 1.46. The van der Waals surface area contributed by atoms with Gasteiger partial charge in [0.2, 0.25) is 0 Å². The molecule has 186 valence electrons. The predicted octanol–water partition coefficient (Wildman–Crippen LogP) is 4.08. The van der Waals surface area contributed by atoms with Crippen molar-refractivity contribution in [2.75, 3.05) is 12.8 Å². The number of benzene rings is 2. The maximum Gasteiger partial charge on any atom is 0.290 e. The molecule has 9 heteroatoms. The summed E-state index contributed by atoms with van der Waals surface area (Å²) in [6.45, 7) is 3.68. The van der Waals surface area contributed by atoms with Gasteiger partial charge in [-0.3, -0.25) is 14.4 Å². The molecule has 1 aliphatic rings. The third kappa shape index (κ3) is 4.50. The van der Waals surface area contributed by atoms with Crippen LogP contribution in [-0.2, 0) is 0 Å². The summed E-state index contributed by atoms with van der Waals surface area (Å²) >= 11 is 0. The molecule has 0 amide bonds. The highest BCUT2D eigenvalue weighted by molar-refractivity contribution is 5.99. The smallest absolute Gasteiger partial charge is 0.290 e. The molecule has 1 unspecified atom stereocenters. The van der Waals surface area contributed by atoms with Gasteiger partial charge in [-0.25, -0.2) is 5.10 Å². The Morgan fingerprint density at radius 2 is 1.81 bits per heavy atom. The Morgan fingerprint density at radius 3 is 2.47 bits per heavy atom. The molecule has 0 saturated heterocycles. The summed E-state index contributed by atoms with van der Waals surface area (Å²) in [5.41, 5.74) is 7.80. The number of hydrogen-bond donors (Lipinski definition) is 3. The number of nitrogens with zero attached hydrogens (tertiary/aromatic N) is 4. The number of rotatable bonds is 7. The van der Waals surface area contributed by atoms with Gasteiger partial charge in [0.05, 0.1) is 11.4 Å². The van der Waals surface area contributed by atoms with Crippen LogP contribution >= 0.6 is 0 Å². The van der Waals surface area contributed by atoms with E-state index in [1.807, 2.05) is 71.2 Å². The minimum absolute atomic E-state index is 0.0374. The molecule has 36 heavy (non-hydrogen) atoms. The van der Waals surface area contributed by atoms with Gasteiger partial charge in [0.15, 0.2) is 5.82 Å². The van der Waals surface area contributed by atoms with Gasteiger partial charge < -0.3 is 15.6 Å². The lowest BCUT2D eigenvalue weighted by Crippen LogP contribution is -2.41. The quantitative estimate of drug-likeness (QED) is 0.266. The molecule has 1 atom stereocenters. The Bertz CT molecular complexity index is 1410. The number of H-pyrrole nitrogens is 1. The summed E-state index contributed by atoms with van der Waals surface area (Å²) in [5.74, 6) is 1.68. The number of anilines is 1. The van der Waals surface area contributed by atoms with E-state index in [4.69, 9.17) is 15.6 Å². The highest BCUT2D eigenvalue weighted by atomic mass is 16.5. The summed E-state index contributed by atoms with van der Waals surface area (Å²) in [7, 11) is 1.90. The van der Waals surface area contributed by atoms with Gasteiger partial charge >= 0.3 is 0 Å². The molecule has 1 fully saturated rings. The lowest BCUT2D eigenvalue weighted by atomic mass is 9.90. The van der Waals surface area contributed by atoms with Crippen LogP contribution in [0.4, 0.5) is 5.82 Å². The van der Waals surface area contributed by atoms with Crippen LogP contribution in [0.5, 0.6) is 11.5 Å². The standard InChI is InChI=1S/C27H30N6O3/c1-3-22(34)32(2)18-11-13-19(14-12-18)33-25-23(26(28)29-30-27(25)35)24(31-33)17-9-15-21(16-10-17)36-20-7-5-4-6-8-20/h3-10,15-16,18-19,22,34H,1,11-14H2,2H3,(H2,28,29)(H,30,35)/t18-,19+,22?. The maximum atomic E-state index is 12.9. The van der Waals surface area contributed by atoms with Crippen LogP contribution in [0.1, 0.15) is 31.7 Å². The minimum atomic E-state index is -0.675. The van der Waals surface area contributed by atoms with Crippen LogP contribution in [0.3, 0.4) is 0 Å². The van der Waals surface area contributed by atoms with Crippen LogP contribution in [0.15, 0.2) is 72.0 Å². The number of aromatic nitrogens is 4. The molecule has 2 heterocycles. The lowest BCUT2D eigenvalue weighted by Gasteiger charge is -2.36. The highest BCUT2D eigenvalue weighted by Gasteiger charge is 2.30. The summed E-state index contributed by atoms with van der Waals surface area (Å²) in [6.07, 6.45) is 4.23. The van der Waals surface area contributed by atoms with Crippen LogP contribution in [-0.4, -0.2) is 49.3 Å². The summed E-state index contributed by atoms with van der Waals surface area (Å²) in [5, 5.41) is 22.1. The summed E-state index contributed by atoms with van der Waals surface area (Å²) in [6, 6.07) is 17.4. The van der Waals surface area contributed by atoms with Gasteiger partial charge in [-0.2, -0.15) is 10.2 Å². The fourth-order valence-electron chi connectivity index (χ4n) is 4.98. The van der Waals surface area contributed by atoms with Gasteiger partial charge in [-0.05, 0) is 75.2 Å². The topological polar surface area (TPSA) is 122 Å². The molecular weight excluding hydrogens is 456 g/mol. The summed E-state index contributed by atoms with van der Waals surface area (Å²) in [4.78, 5) is 14.8. The van der Waals surface area contributed by atoms with E-state index in [1.54, 1.807) is 0 Å². The van der Waals surface area contributed by atoms with E-state index >= 15 is 0 Å². The first-order valence-corrected chi connectivity index (χ1v) is 12.1. The van der Waals surface area contributed by atoms with E-state index in [2.05, 4.69) is 16.8 Å². The van der Waals surface area contributed by atoms with Gasteiger partial charge in [0.1, 0.15) is 28.9 Å². The van der Waals surface area contributed by atoms with Crippen molar-refractivity contribution < 1.29 is 9.84 Å². The van der Waals surface area contributed by atoms with Crippen LogP contribution < -0.4 is 16.0 Å². The van der Waals surface area contributed by atoms with Crippen LogP contribution in [0.25, 0.3) is 22.2 Å². The molecule has 5 rings (SSSR count). The molecule has 0 spiro atoms. The molecular formula is C27H30N6O3. The minimum Gasteiger partial charge on any atom is -0.457 e. The second-order valence-corrected chi connectivity index (χ2v) is 9.17. The van der Waals surface area contributed by atoms with Crippen molar-refractivity contribution >= 4 is 16.7 Å². The normalized spacial score (nSPS) is 18.9. The maximum absolute atomic E-state index is 12.9. The number of ether oxygens (including phenoxy) is 1. The lowest BCUT2D eigenvalue weighted by molar-refractivity contribution is 0.0139. The number of fused-ring (bicyclic) bond motifs is 1. The zero-order valence-electron chi connectivity index (χ0n) is 20.2. The van der Waals surface area contributed by atoms with Gasteiger partial charge in [-0.1, -0.05) is 24.8 Å². The number of para-hydroxylation sites is 1.